The Hall–Kier alpha value is -3.28. The summed E-state index contributed by atoms with van der Waals surface area (Å²) in [5.41, 5.74) is 3.30. The van der Waals surface area contributed by atoms with E-state index in [4.69, 9.17) is 4.42 Å². The zero-order valence-corrected chi connectivity index (χ0v) is 19.1. The van der Waals surface area contributed by atoms with Gasteiger partial charge in [0.05, 0.1) is 17.0 Å². The lowest BCUT2D eigenvalue weighted by atomic mass is 9.83. The maximum atomic E-state index is 13.0. The van der Waals surface area contributed by atoms with E-state index in [9.17, 15) is 14.7 Å². The van der Waals surface area contributed by atoms with Crippen LogP contribution < -0.4 is 15.6 Å². The van der Waals surface area contributed by atoms with Gasteiger partial charge in [0.2, 0.25) is 0 Å². The summed E-state index contributed by atoms with van der Waals surface area (Å²) < 4.78 is 6.34. The molecule has 1 unspecified atom stereocenters. The number of hydrogen-bond donors (Lipinski definition) is 2. The molecule has 0 amide bonds. The Bertz CT molecular complexity index is 1220. The van der Waals surface area contributed by atoms with Crippen LogP contribution in [0.3, 0.4) is 0 Å². The number of anilines is 2. The number of nitrogens with zero attached hydrogens (tertiary/aromatic N) is 1. The van der Waals surface area contributed by atoms with Gasteiger partial charge in [0, 0.05) is 30.4 Å². The molecule has 0 bridgehead atoms. The molecule has 1 atom stereocenters. The minimum absolute atomic E-state index is 0.0610. The normalized spacial score (nSPS) is 16.7. The lowest BCUT2D eigenvalue weighted by Crippen LogP contribution is -2.37. The fourth-order valence-corrected chi connectivity index (χ4v) is 4.34. The molecule has 1 aliphatic heterocycles. The molecule has 1 aliphatic rings. The van der Waals surface area contributed by atoms with E-state index in [1.54, 1.807) is 30.3 Å². The van der Waals surface area contributed by atoms with Gasteiger partial charge >= 0.3 is 5.97 Å². The van der Waals surface area contributed by atoms with Crippen LogP contribution in [0.5, 0.6) is 0 Å². The molecule has 32 heavy (non-hydrogen) atoms. The molecular weight excluding hydrogens is 404 g/mol. The summed E-state index contributed by atoms with van der Waals surface area (Å²) in [6.45, 7) is 10.1. The van der Waals surface area contributed by atoms with Crippen molar-refractivity contribution in [3.05, 3.63) is 69.4 Å². The number of aryl methyl sites for hydroxylation is 1. The summed E-state index contributed by atoms with van der Waals surface area (Å²) >= 11 is 0. The molecular formula is C26H30N2O4. The molecule has 6 heteroatoms. The highest BCUT2D eigenvalue weighted by Gasteiger charge is 2.27. The first-order valence-electron chi connectivity index (χ1n) is 11.1. The predicted molar refractivity (Wildman–Crippen MR) is 128 cm³/mol. The van der Waals surface area contributed by atoms with Crippen molar-refractivity contribution in [3.8, 4) is 0 Å². The zero-order chi connectivity index (χ0) is 23.0. The van der Waals surface area contributed by atoms with Crippen molar-refractivity contribution in [1.29, 1.82) is 0 Å². The van der Waals surface area contributed by atoms with Gasteiger partial charge in [0.1, 0.15) is 5.58 Å². The van der Waals surface area contributed by atoms with Crippen molar-refractivity contribution in [1.82, 2.24) is 0 Å². The molecule has 3 aromatic rings. The van der Waals surface area contributed by atoms with E-state index in [1.165, 1.54) is 0 Å². The molecule has 2 aromatic carbocycles. The Balaban J connectivity index is 1.75. The van der Waals surface area contributed by atoms with Crippen LogP contribution in [-0.4, -0.2) is 24.2 Å². The third-order valence-corrected chi connectivity index (χ3v) is 6.41. The van der Waals surface area contributed by atoms with Crippen molar-refractivity contribution >= 4 is 28.5 Å². The van der Waals surface area contributed by atoms with Crippen LogP contribution >= 0.6 is 0 Å². The number of carboxylic acids is 1. The van der Waals surface area contributed by atoms with Crippen LogP contribution in [0.15, 0.2) is 51.7 Å². The second-order valence-electron chi connectivity index (χ2n) is 9.55. The standard InChI is InChI=1S/C26H30N2O4/c1-16-13-19(17(2)27-21-8-6-5-7-18(21)25(30)31)24-20(14-16)22(29)15-23(32-24)28-11-9-26(3,4)10-12-28/h5-8,13-15,17,27H,9-12H2,1-4H3,(H,30,31). The fourth-order valence-electron chi connectivity index (χ4n) is 4.34. The van der Waals surface area contributed by atoms with Gasteiger partial charge in [-0.3, -0.25) is 4.79 Å². The van der Waals surface area contributed by atoms with Crippen LogP contribution in [0.1, 0.15) is 61.1 Å². The third-order valence-electron chi connectivity index (χ3n) is 6.41. The first-order valence-corrected chi connectivity index (χ1v) is 11.1. The highest BCUT2D eigenvalue weighted by molar-refractivity contribution is 5.94. The number of piperidine rings is 1. The van der Waals surface area contributed by atoms with Crippen LogP contribution in [0, 0.1) is 12.3 Å². The van der Waals surface area contributed by atoms with Gasteiger partial charge in [-0.05, 0) is 55.9 Å². The topological polar surface area (TPSA) is 82.8 Å². The number of fused-ring (bicyclic) bond motifs is 1. The number of carboxylic acid groups (broad SMARTS) is 1. The summed E-state index contributed by atoms with van der Waals surface area (Å²) in [5, 5.41) is 13.4. The van der Waals surface area contributed by atoms with Crippen molar-refractivity contribution in [2.24, 2.45) is 5.41 Å². The monoisotopic (exact) mass is 434 g/mol. The summed E-state index contributed by atoms with van der Waals surface area (Å²) in [7, 11) is 0. The van der Waals surface area contributed by atoms with Crippen LogP contribution in [0.2, 0.25) is 0 Å². The van der Waals surface area contributed by atoms with E-state index in [-0.39, 0.29) is 17.0 Å². The number of para-hydroxylation sites is 1. The number of hydrogen-bond acceptors (Lipinski definition) is 5. The minimum Gasteiger partial charge on any atom is -0.478 e. The molecule has 0 aliphatic carbocycles. The Kier molecular flexibility index (Phi) is 5.71. The smallest absolute Gasteiger partial charge is 0.337 e. The Morgan fingerprint density at radius 1 is 1.16 bits per heavy atom. The van der Waals surface area contributed by atoms with E-state index < -0.39 is 5.97 Å². The Morgan fingerprint density at radius 2 is 1.84 bits per heavy atom. The molecule has 0 spiro atoms. The second-order valence-corrected chi connectivity index (χ2v) is 9.55. The molecule has 168 valence electrons. The SMILES string of the molecule is Cc1cc(C(C)Nc2ccccc2C(=O)O)c2oc(N3CCC(C)(C)CC3)cc(=O)c2c1. The van der Waals surface area contributed by atoms with Gasteiger partial charge < -0.3 is 19.7 Å². The molecule has 0 radical (unpaired) electrons. The van der Waals surface area contributed by atoms with Gasteiger partial charge in [0.15, 0.2) is 11.3 Å². The summed E-state index contributed by atoms with van der Waals surface area (Å²) in [6.07, 6.45) is 2.08. The number of aromatic carboxylic acids is 1. The molecule has 1 aromatic heterocycles. The van der Waals surface area contributed by atoms with Gasteiger partial charge in [0.25, 0.3) is 0 Å². The average molecular weight is 435 g/mol. The maximum absolute atomic E-state index is 13.0. The molecule has 1 fully saturated rings. The van der Waals surface area contributed by atoms with Crippen LogP contribution in [-0.2, 0) is 0 Å². The molecule has 4 rings (SSSR count). The number of nitrogens with one attached hydrogen (secondary N) is 1. The number of rotatable bonds is 5. The van der Waals surface area contributed by atoms with E-state index in [0.717, 1.165) is 37.1 Å². The second kappa shape index (κ2) is 8.34. The molecule has 2 N–H and O–H groups in total. The molecule has 2 heterocycles. The van der Waals surface area contributed by atoms with E-state index in [0.29, 0.717) is 28.0 Å². The van der Waals surface area contributed by atoms with E-state index in [2.05, 4.69) is 24.1 Å². The van der Waals surface area contributed by atoms with Gasteiger partial charge in [-0.1, -0.05) is 32.0 Å². The Labute approximate surface area is 187 Å². The summed E-state index contributed by atoms with van der Waals surface area (Å²) in [6, 6.07) is 12.0. The number of benzene rings is 2. The Morgan fingerprint density at radius 3 is 2.53 bits per heavy atom. The third kappa shape index (κ3) is 4.35. The summed E-state index contributed by atoms with van der Waals surface area (Å²) in [4.78, 5) is 26.8. The first-order chi connectivity index (χ1) is 15.1. The lowest BCUT2D eigenvalue weighted by Gasteiger charge is -2.37. The average Bonchev–Trinajstić information content (AvgIpc) is 2.74. The maximum Gasteiger partial charge on any atom is 0.337 e. The van der Waals surface area contributed by atoms with E-state index >= 15 is 0 Å². The van der Waals surface area contributed by atoms with Gasteiger partial charge in [-0.2, -0.15) is 0 Å². The van der Waals surface area contributed by atoms with Crippen LogP contribution in [0.4, 0.5) is 11.6 Å². The fraction of sp³-hybridized carbons (Fsp3) is 0.385. The van der Waals surface area contributed by atoms with Crippen molar-refractivity contribution in [2.45, 2.75) is 46.6 Å². The molecule has 1 saturated heterocycles. The predicted octanol–water partition coefficient (Wildman–Crippen LogP) is 5.60. The van der Waals surface area contributed by atoms with Gasteiger partial charge in [-0.15, -0.1) is 0 Å². The lowest BCUT2D eigenvalue weighted by molar-refractivity contribution is 0.0698. The summed E-state index contributed by atoms with van der Waals surface area (Å²) in [5.74, 6) is -0.391. The largest absolute Gasteiger partial charge is 0.478 e. The highest BCUT2D eigenvalue weighted by atomic mass is 16.4. The molecule has 0 saturated carbocycles. The van der Waals surface area contributed by atoms with E-state index in [1.807, 2.05) is 26.0 Å². The highest BCUT2D eigenvalue weighted by Crippen LogP contribution is 2.34. The minimum atomic E-state index is -0.990. The number of carbonyl (C=O) groups is 1. The van der Waals surface area contributed by atoms with Crippen molar-refractivity contribution < 1.29 is 14.3 Å². The zero-order valence-electron chi connectivity index (χ0n) is 19.1. The van der Waals surface area contributed by atoms with Crippen molar-refractivity contribution in [2.75, 3.05) is 23.3 Å². The van der Waals surface area contributed by atoms with Crippen molar-refractivity contribution in [3.63, 3.8) is 0 Å². The molecule has 6 nitrogen and oxygen atoms in total. The quantitative estimate of drug-likeness (QED) is 0.544. The van der Waals surface area contributed by atoms with Crippen LogP contribution in [0.25, 0.3) is 11.0 Å². The first kappa shape index (κ1) is 21.9. The van der Waals surface area contributed by atoms with Gasteiger partial charge in [-0.25, -0.2) is 4.79 Å².